The molecule has 2 aromatic rings. The second-order valence-electron chi connectivity index (χ2n) is 4.91. The molecule has 7 heteroatoms. The molecule has 0 atom stereocenters. The summed E-state index contributed by atoms with van der Waals surface area (Å²) >= 11 is 0. The van der Waals surface area contributed by atoms with Crippen LogP contribution in [-0.2, 0) is 6.54 Å². The zero-order valence-electron chi connectivity index (χ0n) is 11.2. The SMILES string of the molecule is O=C(O)c1ccnc(CNc2nccn(C3CC3)c2=O)c1. The van der Waals surface area contributed by atoms with E-state index in [1.807, 2.05) is 0 Å². The Bertz CT molecular complexity index is 737. The van der Waals surface area contributed by atoms with Crippen LogP contribution in [0.3, 0.4) is 0 Å². The quantitative estimate of drug-likeness (QED) is 0.859. The van der Waals surface area contributed by atoms with Gasteiger partial charge in [-0.25, -0.2) is 9.78 Å². The maximum Gasteiger partial charge on any atom is 0.335 e. The number of anilines is 1. The zero-order chi connectivity index (χ0) is 14.8. The summed E-state index contributed by atoms with van der Waals surface area (Å²) in [6.07, 6.45) is 6.75. The molecule has 0 saturated heterocycles. The maximum atomic E-state index is 12.2. The largest absolute Gasteiger partial charge is 0.478 e. The molecule has 21 heavy (non-hydrogen) atoms. The van der Waals surface area contributed by atoms with E-state index in [9.17, 15) is 9.59 Å². The molecule has 1 fully saturated rings. The Morgan fingerprint density at radius 3 is 2.90 bits per heavy atom. The van der Waals surface area contributed by atoms with Crippen LogP contribution >= 0.6 is 0 Å². The highest BCUT2D eigenvalue weighted by molar-refractivity contribution is 5.87. The highest BCUT2D eigenvalue weighted by atomic mass is 16.4. The first-order chi connectivity index (χ1) is 10.1. The van der Waals surface area contributed by atoms with Crippen molar-refractivity contribution >= 4 is 11.8 Å². The summed E-state index contributed by atoms with van der Waals surface area (Å²) in [4.78, 5) is 31.2. The lowest BCUT2D eigenvalue weighted by Gasteiger charge is -2.08. The number of carbonyl (C=O) groups is 1. The number of nitrogens with zero attached hydrogens (tertiary/aromatic N) is 3. The summed E-state index contributed by atoms with van der Waals surface area (Å²) in [7, 11) is 0. The summed E-state index contributed by atoms with van der Waals surface area (Å²) < 4.78 is 1.68. The average molecular weight is 286 g/mol. The molecular weight excluding hydrogens is 272 g/mol. The van der Waals surface area contributed by atoms with Gasteiger partial charge >= 0.3 is 5.97 Å². The van der Waals surface area contributed by atoms with Crippen molar-refractivity contribution in [3.8, 4) is 0 Å². The van der Waals surface area contributed by atoms with Gasteiger partial charge in [0.25, 0.3) is 5.56 Å². The van der Waals surface area contributed by atoms with Gasteiger partial charge in [0.1, 0.15) is 0 Å². The predicted molar refractivity (Wildman–Crippen MR) is 75.3 cm³/mol. The van der Waals surface area contributed by atoms with Gasteiger partial charge in [-0.2, -0.15) is 0 Å². The molecule has 0 amide bonds. The first-order valence-corrected chi connectivity index (χ1v) is 6.64. The van der Waals surface area contributed by atoms with Crippen LogP contribution in [0.25, 0.3) is 0 Å². The molecule has 0 bridgehead atoms. The average Bonchev–Trinajstić information content (AvgIpc) is 3.31. The fourth-order valence-corrected chi connectivity index (χ4v) is 2.07. The summed E-state index contributed by atoms with van der Waals surface area (Å²) in [6, 6.07) is 3.18. The monoisotopic (exact) mass is 286 g/mol. The number of carboxylic acid groups (broad SMARTS) is 1. The first kappa shape index (κ1) is 13.3. The summed E-state index contributed by atoms with van der Waals surface area (Å²) in [5, 5.41) is 11.8. The Kier molecular flexibility index (Phi) is 3.39. The van der Waals surface area contributed by atoms with Gasteiger partial charge in [0.05, 0.1) is 17.8 Å². The highest BCUT2D eigenvalue weighted by Gasteiger charge is 2.25. The third-order valence-corrected chi connectivity index (χ3v) is 3.31. The van der Waals surface area contributed by atoms with Gasteiger partial charge in [0, 0.05) is 24.6 Å². The lowest BCUT2D eigenvalue weighted by atomic mass is 10.2. The number of aromatic carboxylic acids is 1. The molecule has 1 aliphatic rings. The maximum absolute atomic E-state index is 12.2. The molecular formula is C14H14N4O3. The lowest BCUT2D eigenvalue weighted by molar-refractivity contribution is 0.0696. The molecule has 7 nitrogen and oxygen atoms in total. The minimum Gasteiger partial charge on any atom is -0.478 e. The fraction of sp³-hybridized carbons (Fsp3) is 0.286. The second-order valence-corrected chi connectivity index (χ2v) is 4.91. The molecule has 0 radical (unpaired) electrons. The molecule has 0 unspecified atom stereocenters. The summed E-state index contributed by atoms with van der Waals surface area (Å²) in [5.74, 6) is -0.750. The van der Waals surface area contributed by atoms with Crippen molar-refractivity contribution in [1.29, 1.82) is 0 Å². The van der Waals surface area contributed by atoms with Crippen LogP contribution in [0.2, 0.25) is 0 Å². The second kappa shape index (κ2) is 5.35. The summed E-state index contributed by atoms with van der Waals surface area (Å²) in [5.41, 5.74) is 0.547. The number of hydrogen-bond donors (Lipinski definition) is 2. The molecule has 1 saturated carbocycles. The van der Waals surface area contributed by atoms with Crippen molar-refractivity contribution in [2.75, 3.05) is 5.32 Å². The fourth-order valence-electron chi connectivity index (χ4n) is 2.07. The molecule has 0 aromatic carbocycles. The highest BCUT2D eigenvalue weighted by Crippen LogP contribution is 2.33. The minimum absolute atomic E-state index is 0.158. The van der Waals surface area contributed by atoms with Crippen molar-refractivity contribution in [1.82, 2.24) is 14.5 Å². The van der Waals surface area contributed by atoms with E-state index >= 15 is 0 Å². The van der Waals surface area contributed by atoms with Crippen LogP contribution in [0.1, 0.15) is 34.9 Å². The van der Waals surface area contributed by atoms with Crippen molar-refractivity contribution in [3.63, 3.8) is 0 Å². The van der Waals surface area contributed by atoms with Crippen molar-refractivity contribution in [2.24, 2.45) is 0 Å². The van der Waals surface area contributed by atoms with Crippen LogP contribution in [0.15, 0.2) is 35.5 Å². The van der Waals surface area contributed by atoms with E-state index in [2.05, 4.69) is 15.3 Å². The van der Waals surface area contributed by atoms with Crippen molar-refractivity contribution in [3.05, 3.63) is 52.3 Å². The van der Waals surface area contributed by atoms with Crippen LogP contribution in [-0.4, -0.2) is 25.6 Å². The summed E-state index contributed by atoms with van der Waals surface area (Å²) in [6.45, 7) is 0.248. The van der Waals surface area contributed by atoms with Gasteiger partial charge in [-0.1, -0.05) is 0 Å². The van der Waals surface area contributed by atoms with E-state index < -0.39 is 5.97 Å². The number of hydrogen-bond acceptors (Lipinski definition) is 5. The van der Waals surface area contributed by atoms with Crippen LogP contribution in [0, 0.1) is 0 Å². The van der Waals surface area contributed by atoms with Gasteiger partial charge in [-0.3, -0.25) is 9.78 Å². The predicted octanol–water partition coefficient (Wildman–Crippen LogP) is 1.28. The normalized spacial score (nSPS) is 13.9. The Balaban J connectivity index is 1.76. The lowest BCUT2D eigenvalue weighted by Crippen LogP contribution is -2.23. The topological polar surface area (TPSA) is 97.1 Å². The van der Waals surface area contributed by atoms with Gasteiger partial charge in [0.2, 0.25) is 0 Å². The van der Waals surface area contributed by atoms with Gasteiger partial charge in [-0.15, -0.1) is 0 Å². The first-order valence-electron chi connectivity index (χ1n) is 6.64. The molecule has 2 aromatic heterocycles. The Labute approximate surface area is 120 Å². The Morgan fingerprint density at radius 1 is 1.38 bits per heavy atom. The Morgan fingerprint density at radius 2 is 2.19 bits per heavy atom. The minimum atomic E-state index is -1.01. The van der Waals surface area contributed by atoms with Gasteiger partial charge < -0.3 is 15.0 Å². The van der Waals surface area contributed by atoms with Gasteiger partial charge in [0.15, 0.2) is 5.82 Å². The number of aromatic nitrogens is 3. The number of rotatable bonds is 5. The van der Waals surface area contributed by atoms with E-state index in [0.717, 1.165) is 12.8 Å². The molecule has 0 spiro atoms. The standard InChI is InChI=1S/C14H14N4O3/c19-13-12(16-5-6-18(13)11-1-2-11)17-8-10-7-9(14(20)21)3-4-15-10/h3-7,11H,1-2,8H2,(H,16,17)(H,20,21). The van der Waals surface area contributed by atoms with E-state index in [1.54, 1.807) is 17.0 Å². The zero-order valence-corrected chi connectivity index (χ0v) is 11.2. The molecule has 108 valence electrons. The molecule has 0 aliphatic heterocycles. The molecule has 3 rings (SSSR count). The third-order valence-electron chi connectivity index (χ3n) is 3.31. The van der Waals surface area contributed by atoms with E-state index in [0.29, 0.717) is 5.69 Å². The van der Waals surface area contributed by atoms with Crippen molar-refractivity contribution in [2.45, 2.75) is 25.4 Å². The van der Waals surface area contributed by atoms with Crippen LogP contribution in [0.5, 0.6) is 0 Å². The van der Waals surface area contributed by atoms with Gasteiger partial charge in [-0.05, 0) is 25.0 Å². The van der Waals surface area contributed by atoms with E-state index in [4.69, 9.17) is 5.11 Å². The molecule has 2 heterocycles. The van der Waals surface area contributed by atoms with Crippen LogP contribution in [0.4, 0.5) is 5.82 Å². The molecule has 1 aliphatic carbocycles. The van der Waals surface area contributed by atoms with Crippen molar-refractivity contribution < 1.29 is 9.90 Å². The number of nitrogens with one attached hydrogen (secondary N) is 1. The Hall–Kier alpha value is -2.70. The van der Waals surface area contributed by atoms with Crippen LogP contribution < -0.4 is 10.9 Å². The molecule has 2 N–H and O–H groups in total. The number of pyridine rings is 1. The smallest absolute Gasteiger partial charge is 0.335 e. The number of carboxylic acids is 1. The van der Waals surface area contributed by atoms with E-state index in [1.165, 1.54) is 18.3 Å². The third kappa shape index (κ3) is 2.91. The van der Waals surface area contributed by atoms with E-state index in [-0.39, 0.29) is 29.5 Å².